The topological polar surface area (TPSA) is 55.8 Å². The lowest BCUT2D eigenvalue weighted by atomic mass is 10.2. The number of hydrogen-bond donors (Lipinski definition) is 1. The smallest absolute Gasteiger partial charge is 0.328 e. The van der Waals surface area contributed by atoms with Crippen LogP contribution >= 0.6 is 15.9 Å². The third-order valence-electron chi connectivity index (χ3n) is 1.92. The van der Waals surface area contributed by atoms with Crippen molar-refractivity contribution in [2.24, 2.45) is 0 Å². The summed E-state index contributed by atoms with van der Waals surface area (Å²) in [6.07, 6.45) is 2.57. The molecule has 1 N–H and O–H groups in total. The van der Waals surface area contributed by atoms with Crippen molar-refractivity contribution < 1.29 is 19.4 Å². The second kappa shape index (κ2) is 7.09. The second-order valence-electron chi connectivity index (χ2n) is 3.19. The average molecular weight is 301 g/mol. The van der Waals surface area contributed by atoms with E-state index in [-0.39, 0.29) is 0 Å². The third kappa shape index (κ3) is 5.01. The lowest BCUT2D eigenvalue weighted by molar-refractivity contribution is -0.131. The van der Waals surface area contributed by atoms with Crippen LogP contribution in [0, 0.1) is 0 Å². The molecule has 0 aromatic heterocycles. The Morgan fingerprint density at radius 3 is 2.88 bits per heavy atom. The Balaban J connectivity index is 2.83. The number of methoxy groups -OCH3 is 1. The van der Waals surface area contributed by atoms with E-state index in [0.29, 0.717) is 24.5 Å². The van der Waals surface area contributed by atoms with Crippen LogP contribution in [0.2, 0.25) is 0 Å². The summed E-state index contributed by atoms with van der Waals surface area (Å²) < 4.78 is 11.2. The predicted molar refractivity (Wildman–Crippen MR) is 68.2 cm³/mol. The van der Waals surface area contributed by atoms with Crippen LogP contribution in [-0.2, 0) is 9.53 Å². The van der Waals surface area contributed by atoms with Gasteiger partial charge in [-0.05, 0) is 24.3 Å². The Labute approximate surface area is 108 Å². The molecule has 0 saturated carbocycles. The number of benzene rings is 1. The Hall–Kier alpha value is -1.33. The minimum Gasteiger partial charge on any atom is -0.491 e. The van der Waals surface area contributed by atoms with Gasteiger partial charge in [0.25, 0.3) is 0 Å². The van der Waals surface area contributed by atoms with Crippen molar-refractivity contribution in [2.75, 3.05) is 20.3 Å². The molecule has 0 aliphatic heterocycles. The summed E-state index contributed by atoms with van der Waals surface area (Å²) in [7, 11) is 1.59. The van der Waals surface area contributed by atoms with Crippen LogP contribution in [-0.4, -0.2) is 31.4 Å². The predicted octanol–water partition coefficient (Wildman–Crippen LogP) is 2.57. The van der Waals surface area contributed by atoms with Crippen LogP contribution in [0.4, 0.5) is 0 Å². The molecule has 4 nitrogen and oxygen atoms in total. The van der Waals surface area contributed by atoms with Crippen LogP contribution in [0.15, 0.2) is 28.7 Å². The van der Waals surface area contributed by atoms with Gasteiger partial charge in [0.2, 0.25) is 0 Å². The molecule has 0 saturated heterocycles. The molecule has 1 rings (SSSR count). The maximum atomic E-state index is 10.5. The summed E-state index contributed by atoms with van der Waals surface area (Å²) >= 11 is 3.32. The van der Waals surface area contributed by atoms with E-state index >= 15 is 0 Å². The number of rotatable bonds is 6. The molecular formula is C12H13BrO4. The van der Waals surface area contributed by atoms with Gasteiger partial charge in [0, 0.05) is 23.2 Å². The molecule has 0 spiro atoms. The Morgan fingerprint density at radius 2 is 2.24 bits per heavy atom. The van der Waals surface area contributed by atoms with Gasteiger partial charge in [-0.1, -0.05) is 15.9 Å². The Kier molecular flexibility index (Phi) is 5.72. The maximum absolute atomic E-state index is 10.5. The molecular weight excluding hydrogens is 288 g/mol. The first-order valence-electron chi connectivity index (χ1n) is 4.96. The van der Waals surface area contributed by atoms with Crippen LogP contribution in [0.5, 0.6) is 5.75 Å². The average Bonchev–Trinajstić information content (AvgIpc) is 2.29. The molecule has 0 aliphatic carbocycles. The minimum absolute atomic E-state index is 0.423. The van der Waals surface area contributed by atoms with E-state index in [9.17, 15) is 4.79 Å². The molecule has 5 heteroatoms. The van der Waals surface area contributed by atoms with E-state index in [2.05, 4.69) is 15.9 Å². The fourth-order valence-electron chi connectivity index (χ4n) is 1.18. The van der Waals surface area contributed by atoms with Crippen LogP contribution < -0.4 is 4.74 Å². The number of hydrogen-bond acceptors (Lipinski definition) is 3. The van der Waals surface area contributed by atoms with Gasteiger partial charge in [-0.15, -0.1) is 0 Å². The summed E-state index contributed by atoms with van der Waals surface area (Å²) in [6.45, 7) is 0.907. The number of carboxylic acid groups (broad SMARTS) is 1. The molecule has 17 heavy (non-hydrogen) atoms. The van der Waals surface area contributed by atoms with Crippen LogP contribution in [0.3, 0.4) is 0 Å². The van der Waals surface area contributed by atoms with Crippen molar-refractivity contribution in [3.05, 3.63) is 34.3 Å². The van der Waals surface area contributed by atoms with E-state index in [0.717, 1.165) is 10.5 Å². The van der Waals surface area contributed by atoms with E-state index in [1.54, 1.807) is 19.2 Å². The number of aliphatic carboxylic acids is 1. The number of halogens is 1. The molecule has 0 radical (unpaired) electrons. The maximum Gasteiger partial charge on any atom is 0.328 e. The standard InChI is InChI=1S/C12H13BrO4/c1-16-6-7-17-11-4-3-10(13)8-9(11)2-5-12(14)15/h2-5,8H,6-7H2,1H3,(H,14,15)/b5-2+. The van der Waals surface area contributed by atoms with Gasteiger partial charge in [0.1, 0.15) is 12.4 Å². The zero-order valence-corrected chi connectivity index (χ0v) is 10.9. The van der Waals surface area contributed by atoms with Gasteiger partial charge in [-0.2, -0.15) is 0 Å². The molecule has 0 atom stereocenters. The first kappa shape index (κ1) is 13.7. The summed E-state index contributed by atoms with van der Waals surface area (Å²) in [5.74, 6) is -0.365. The zero-order valence-electron chi connectivity index (χ0n) is 9.35. The molecule has 0 fully saturated rings. The highest BCUT2D eigenvalue weighted by atomic mass is 79.9. The normalized spacial score (nSPS) is 10.7. The van der Waals surface area contributed by atoms with Crippen LogP contribution in [0.1, 0.15) is 5.56 Å². The second-order valence-corrected chi connectivity index (χ2v) is 4.11. The fraction of sp³-hybridized carbons (Fsp3) is 0.250. The summed E-state index contributed by atoms with van der Waals surface area (Å²) in [5.41, 5.74) is 0.706. The summed E-state index contributed by atoms with van der Waals surface area (Å²) in [4.78, 5) is 10.5. The molecule has 0 unspecified atom stereocenters. The van der Waals surface area contributed by atoms with E-state index < -0.39 is 5.97 Å². The van der Waals surface area contributed by atoms with Crippen molar-refractivity contribution in [2.45, 2.75) is 0 Å². The minimum atomic E-state index is -0.993. The van der Waals surface area contributed by atoms with Crippen molar-refractivity contribution in [3.63, 3.8) is 0 Å². The van der Waals surface area contributed by atoms with Crippen molar-refractivity contribution in [1.29, 1.82) is 0 Å². The first-order valence-corrected chi connectivity index (χ1v) is 5.75. The van der Waals surface area contributed by atoms with Gasteiger partial charge >= 0.3 is 5.97 Å². The SMILES string of the molecule is COCCOc1ccc(Br)cc1/C=C/C(=O)O. The zero-order chi connectivity index (χ0) is 12.7. The van der Waals surface area contributed by atoms with Crippen molar-refractivity contribution in [1.82, 2.24) is 0 Å². The van der Waals surface area contributed by atoms with Gasteiger partial charge in [0.05, 0.1) is 6.61 Å². The van der Waals surface area contributed by atoms with Crippen LogP contribution in [0.25, 0.3) is 6.08 Å². The highest BCUT2D eigenvalue weighted by Crippen LogP contribution is 2.24. The molecule has 1 aromatic rings. The van der Waals surface area contributed by atoms with E-state index in [1.165, 1.54) is 6.08 Å². The summed E-state index contributed by atoms with van der Waals surface area (Å²) in [6, 6.07) is 5.41. The van der Waals surface area contributed by atoms with Gasteiger partial charge in [-0.3, -0.25) is 0 Å². The largest absolute Gasteiger partial charge is 0.491 e. The summed E-state index contributed by atoms with van der Waals surface area (Å²) in [5, 5.41) is 8.59. The third-order valence-corrected chi connectivity index (χ3v) is 2.42. The first-order chi connectivity index (χ1) is 8.13. The van der Waals surface area contributed by atoms with E-state index in [4.69, 9.17) is 14.6 Å². The van der Waals surface area contributed by atoms with Gasteiger partial charge < -0.3 is 14.6 Å². The molecule has 0 bridgehead atoms. The van der Waals surface area contributed by atoms with Gasteiger partial charge in [-0.25, -0.2) is 4.79 Å². The van der Waals surface area contributed by atoms with Crippen molar-refractivity contribution >= 4 is 28.0 Å². The number of carbonyl (C=O) groups is 1. The Bertz CT molecular complexity index is 415. The molecule has 0 amide bonds. The van der Waals surface area contributed by atoms with Crippen molar-refractivity contribution in [3.8, 4) is 5.75 Å². The number of carboxylic acids is 1. The monoisotopic (exact) mass is 300 g/mol. The highest BCUT2D eigenvalue weighted by Gasteiger charge is 2.02. The quantitative estimate of drug-likeness (QED) is 0.648. The highest BCUT2D eigenvalue weighted by molar-refractivity contribution is 9.10. The molecule has 1 aromatic carbocycles. The van der Waals surface area contributed by atoms with Gasteiger partial charge in [0.15, 0.2) is 0 Å². The fourth-order valence-corrected chi connectivity index (χ4v) is 1.56. The number of ether oxygens (including phenoxy) is 2. The lowest BCUT2D eigenvalue weighted by Gasteiger charge is -2.09. The Morgan fingerprint density at radius 1 is 1.47 bits per heavy atom. The molecule has 0 heterocycles. The van der Waals surface area contributed by atoms with E-state index in [1.807, 2.05) is 6.07 Å². The lowest BCUT2D eigenvalue weighted by Crippen LogP contribution is -2.05. The molecule has 0 aliphatic rings. The molecule has 92 valence electrons.